The maximum Gasteiger partial charge on any atom is 0.311 e. The highest BCUT2D eigenvalue weighted by Crippen LogP contribution is 2.60. The van der Waals surface area contributed by atoms with Gasteiger partial charge in [-0.1, -0.05) is 32.9 Å². The first-order valence-electron chi connectivity index (χ1n) is 12.8. The first kappa shape index (κ1) is 27.9. The molecule has 0 radical (unpaired) electrons. The average Bonchev–Trinajstić information content (AvgIpc) is 2.73. The normalized spacial score (nSPS) is 38.5. The Kier molecular flexibility index (Phi) is 7.95. The zero-order valence-corrected chi connectivity index (χ0v) is 22.6. The van der Waals surface area contributed by atoms with E-state index in [4.69, 9.17) is 14.2 Å². The molecule has 0 aromatic heterocycles. The second-order valence-corrected chi connectivity index (χ2v) is 11.9. The number of hydrogen-bond donors (Lipinski definition) is 2. The number of aliphatic hydroxyl groups excluding tert-OH is 2. The summed E-state index contributed by atoms with van der Waals surface area (Å²) in [5, 5.41) is 20.8. The average molecular weight is 493 g/mol. The Labute approximate surface area is 209 Å². The summed E-state index contributed by atoms with van der Waals surface area (Å²) in [7, 11) is 1.72. The van der Waals surface area contributed by atoms with E-state index in [1.54, 1.807) is 21.0 Å². The predicted octanol–water partition coefficient (Wildman–Crippen LogP) is 3.96. The van der Waals surface area contributed by atoms with Gasteiger partial charge in [-0.25, -0.2) is 0 Å². The summed E-state index contributed by atoms with van der Waals surface area (Å²) in [6.45, 7) is 17.3. The fraction of sp³-hybridized carbons (Fsp3) is 0.786. The number of methoxy groups -OCH3 is 1. The van der Waals surface area contributed by atoms with Crippen LogP contribution in [0.1, 0.15) is 74.1 Å². The lowest BCUT2D eigenvalue weighted by Gasteiger charge is -2.58. The Morgan fingerprint density at radius 1 is 1.17 bits per heavy atom. The Hall–Kier alpha value is -1.70. The van der Waals surface area contributed by atoms with Crippen LogP contribution < -0.4 is 0 Å². The van der Waals surface area contributed by atoms with Crippen molar-refractivity contribution in [1.82, 2.24) is 0 Å². The van der Waals surface area contributed by atoms with E-state index in [0.717, 1.165) is 17.6 Å². The first-order chi connectivity index (χ1) is 16.2. The molecule has 0 aromatic carbocycles. The van der Waals surface area contributed by atoms with Crippen LogP contribution in [0.2, 0.25) is 0 Å². The highest BCUT2D eigenvalue weighted by molar-refractivity contribution is 5.73. The molecule has 3 aliphatic carbocycles. The lowest BCUT2D eigenvalue weighted by molar-refractivity contribution is -0.186. The van der Waals surface area contributed by atoms with E-state index in [2.05, 4.69) is 34.3 Å². The molecule has 0 spiro atoms. The van der Waals surface area contributed by atoms with E-state index in [-0.39, 0.29) is 23.4 Å². The monoisotopic (exact) mass is 492 g/mol. The molecule has 2 fully saturated rings. The maximum atomic E-state index is 13.0. The van der Waals surface area contributed by atoms with Crippen LogP contribution >= 0.6 is 0 Å². The first-order valence-corrected chi connectivity index (χ1v) is 12.8. The molecule has 0 aromatic rings. The highest BCUT2D eigenvalue weighted by Gasteiger charge is 2.60. The van der Waals surface area contributed by atoms with E-state index in [9.17, 15) is 19.8 Å². The quantitative estimate of drug-likeness (QED) is 0.442. The van der Waals surface area contributed by atoms with Crippen LogP contribution in [0.5, 0.6) is 0 Å². The van der Waals surface area contributed by atoms with Crippen LogP contribution in [0.25, 0.3) is 0 Å². The molecule has 9 atom stereocenters. The molecule has 2 N–H and O–H groups in total. The molecule has 0 amide bonds. The number of rotatable bonds is 5. The highest BCUT2D eigenvalue weighted by atomic mass is 16.6. The standard InChI is InChI=1S/C28H44O7/c1-14-12-20(35-26(32)15(2)17(4)29)24-25(34-18(5)30)23-16(3)19(31)10-11-28(23,8)13-21(33-9)22(14)27(24,6)7/h15,17,19-21,23-25,29,31H,3,10-13H2,1-2,4-9H3/t15-,17+,19-,20-,21-,23-,24-,25-,28-/m0/s1. The van der Waals surface area contributed by atoms with E-state index >= 15 is 0 Å². The zero-order valence-electron chi connectivity index (χ0n) is 22.6. The summed E-state index contributed by atoms with van der Waals surface area (Å²) in [4.78, 5) is 25.5. The Bertz CT molecular complexity index is 888. The predicted molar refractivity (Wildman–Crippen MR) is 132 cm³/mol. The summed E-state index contributed by atoms with van der Waals surface area (Å²) in [5.41, 5.74) is 2.06. The van der Waals surface area contributed by atoms with Gasteiger partial charge in [0, 0.05) is 32.3 Å². The van der Waals surface area contributed by atoms with Gasteiger partial charge in [-0.2, -0.15) is 0 Å². The molecule has 0 heterocycles. The van der Waals surface area contributed by atoms with Gasteiger partial charge in [0.15, 0.2) is 0 Å². The van der Waals surface area contributed by atoms with Crippen LogP contribution in [0, 0.1) is 28.6 Å². The van der Waals surface area contributed by atoms with Crippen molar-refractivity contribution in [3.63, 3.8) is 0 Å². The molecule has 2 bridgehead atoms. The van der Waals surface area contributed by atoms with Crippen LogP contribution in [-0.2, 0) is 23.8 Å². The minimum Gasteiger partial charge on any atom is -0.461 e. The van der Waals surface area contributed by atoms with Crippen molar-refractivity contribution in [3.8, 4) is 0 Å². The molecule has 198 valence electrons. The Balaban J connectivity index is 2.23. The van der Waals surface area contributed by atoms with E-state index in [0.29, 0.717) is 24.8 Å². The molecule has 0 saturated heterocycles. The van der Waals surface area contributed by atoms with E-state index < -0.39 is 47.7 Å². The van der Waals surface area contributed by atoms with Gasteiger partial charge in [-0.15, -0.1) is 0 Å². The van der Waals surface area contributed by atoms with Crippen molar-refractivity contribution in [1.29, 1.82) is 0 Å². The molecule has 7 nitrogen and oxygen atoms in total. The SMILES string of the molecule is C=C1[C@@H](O)CC[C@@]2(C)C[C@H](OC)C3=C(C)C[C@H](OC(=O)[C@@H](C)[C@@H](C)O)[C@@H]([C@@H](OC(C)=O)[C@H]12)C3(C)C. The third-order valence-corrected chi connectivity index (χ3v) is 9.07. The number of esters is 2. The summed E-state index contributed by atoms with van der Waals surface area (Å²) in [5.74, 6) is -2.30. The van der Waals surface area contributed by atoms with Crippen molar-refractivity contribution >= 4 is 11.9 Å². The van der Waals surface area contributed by atoms with Gasteiger partial charge >= 0.3 is 11.9 Å². The lowest BCUT2D eigenvalue weighted by Crippen LogP contribution is -2.60. The van der Waals surface area contributed by atoms with Crippen LogP contribution in [0.4, 0.5) is 0 Å². The van der Waals surface area contributed by atoms with Gasteiger partial charge < -0.3 is 24.4 Å². The van der Waals surface area contributed by atoms with Gasteiger partial charge in [-0.3, -0.25) is 9.59 Å². The molecule has 7 heteroatoms. The number of ether oxygens (including phenoxy) is 3. The zero-order chi connectivity index (χ0) is 26.5. The van der Waals surface area contributed by atoms with Crippen molar-refractivity contribution in [3.05, 3.63) is 23.3 Å². The largest absolute Gasteiger partial charge is 0.461 e. The fourth-order valence-electron chi connectivity index (χ4n) is 7.18. The van der Waals surface area contributed by atoms with Crippen molar-refractivity contribution in [2.75, 3.05) is 7.11 Å². The summed E-state index contributed by atoms with van der Waals surface area (Å²) in [6.07, 6.45) is -0.386. The second-order valence-electron chi connectivity index (χ2n) is 11.9. The minimum atomic E-state index is -0.845. The third-order valence-electron chi connectivity index (χ3n) is 9.07. The Morgan fingerprint density at radius 3 is 2.34 bits per heavy atom. The molecule has 0 aliphatic heterocycles. The number of carbonyl (C=O) groups excluding carboxylic acids is 2. The summed E-state index contributed by atoms with van der Waals surface area (Å²) >= 11 is 0. The number of hydrogen-bond acceptors (Lipinski definition) is 7. The van der Waals surface area contributed by atoms with Crippen LogP contribution in [0.15, 0.2) is 23.3 Å². The third kappa shape index (κ3) is 4.96. The number of fused-ring (bicyclic) bond motifs is 3. The van der Waals surface area contributed by atoms with E-state index in [1.165, 1.54) is 6.92 Å². The van der Waals surface area contributed by atoms with Crippen LogP contribution in [-0.4, -0.2) is 59.8 Å². The van der Waals surface area contributed by atoms with Crippen molar-refractivity contribution < 1.29 is 34.0 Å². The molecule has 0 unspecified atom stereocenters. The van der Waals surface area contributed by atoms with Gasteiger partial charge in [-0.05, 0) is 62.0 Å². The molecular formula is C28H44O7. The van der Waals surface area contributed by atoms with Gasteiger partial charge in [0.1, 0.15) is 12.2 Å². The fourth-order valence-corrected chi connectivity index (χ4v) is 7.18. The lowest BCUT2D eigenvalue weighted by atomic mass is 9.50. The van der Waals surface area contributed by atoms with Gasteiger partial charge in [0.05, 0.1) is 24.2 Å². The molecule has 3 aliphatic rings. The molecule has 35 heavy (non-hydrogen) atoms. The Morgan fingerprint density at radius 2 is 1.80 bits per heavy atom. The summed E-state index contributed by atoms with van der Waals surface area (Å²) < 4.78 is 18.3. The number of aliphatic hydroxyl groups is 2. The molecule has 3 rings (SSSR count). The van der Waals surface area contributed by atoms with Crippen molar-refractivity contribution in [2.24, 2.45) is 28.6 Å². The van der Waals surface area contributed by atoms with Gasteiger partial charge in [0.2, 0.25) is 0 Å². The minimum absolute atomic E-state index is 0.158. The summed E-state index contributed by atoms with van der Waals surface area (Å²) in [6, 6.07) is 0. The van der Waals surface area contributed by atoms with Crippen molar-refractivity contribution in [2.45, 2.75) is 105 Å². The molecule has 2 saturated carbocycles. The van der Waals surface area contributed by atoms with Crippen LogP contribution in [0.3, 0.4) is 0 Å². The number of carbonyl (C=O) groups is 2. The maximum absolute atomic E-state index is 13.0. The topological polar surface area (TPSA) is 102 Å². The smallest absolute Gasteiger partial charge is 0.311 e. The molecular weight excluding hydrogens is 448 g/mol. The second kappa shape index (κ2) is 9.98. The van der Waals surface area contributed by atoms with Gasteiger partial charge in [0.25, 0.3) is 0 Å². The van der Waals surface area contributed by atoms with E-state index in [1.807, 2.05) is 0 Å².